The van der Waals surface area contributed by atoms with E-state index in [4.69, 9.17) is 0 Å². The summed E-state index contributed by atoms with van der Waals surface area (Å²) in [6.07, 6.45) is 1.74. The normalized spacial score (nSPS) is 10.8. The van der Waals surface area contributed by atoms with Crippen LogP contribution in [0.3, 0.4) is 0 Å². The van der Waals surface area contributed by atoms with E-state index >= 15 is 0 Å². The van der Waals surface area contributed by atoms with Crippen molar-refractivity contribution in [1.82, 2.24) is 25.2 Å². The molecule has 9 heteroatoms. The van der Waals surface area contributed by atoms with E-state index in [1.165, 1.54) is 6.33 Å². The Morgan fingerprint density at radius 3 is 2.96 bits per heavy atom. The lowest BCUT2D eigenvalue weighted by Crippen LogP contribution is -2.15. The predicted octanol–water partition coefficient (Wildman–Crippen LogP) is 3.34. The molecule has 0 unspecified atom stereocenters. The smallest absolute Gasteiger partial charge is 0.230 e. The molecule has 0 bridgehead atoms. The van der Waals surface area contributed by atoms with E-state index in [2.05, 4.69) is 31.2 Å². The van der Waals surface area contributed by atoms with Crippen LogP contribution in [0.4, 0.5) is 5.69 Å². The molecule has 1 N–H and O–H groups in total. The van der Waals surface area contributed by atoms with E-state index in [-0.39, 0.29) is 12.3 Å². The number of aryl methyl sites for hydroxylation is 1. The number of benzene rings is 1. The molecule has 0 radical (unpaired) electrons. The summed E-state index contributed by atoms with van der Waals surface area (Å²) >= 11 is 3.18. The summed E-state index contributed by atoms with van der Waals surface area (Å²) in [5.41, 5.74) is 4.34. The molecule has 26 heavy (non-hydrogen) atoms. The minimum Gasteiger partial charge on any atom is -0.325 e. The fourth-order valence-electron chi connectivity index (χ4n) is 2.43. The van der Waals surface area contributed by atoms with Crippen LogP contribution in [0.5, 0.6) is 0 Å². The lowest BCUT2D eigenvalue weighted by Gasteiger charge is -2.10. The Morgan fingerprint density at radius 2 is 2.19 bits per heavy atom. The quantitative estimate of drug-likeness (QED) is 0.572. The van der Waals surface area contributed by atoms with Gasteiger partial charge in [0.25, 0.3) is 0 Å². The fraction of sp³-hybridized carbons (Fsp3) is 0.118. The SMILES string of the molecule is Cc1ccc(-n2cnnn2)cc1NC(=O)Cc1csc(-c2ccsc2)n1. The van der Waals surface area contributed by atoms with Gasteiger partial charge in [0, 0.05) is 22.0 Å². The number of thiophene rings is 1. The van der Waals surface area contributed by atoms with E-state index in [0.717, 1.165) is 33.2 Å². The molecule has 0 aliphatic carbocycles. The number of nitrogens with zero attached hydrogens (tertiary/aromatic N) is 5. The van der Waals surface area contributed by atoms with Crippen molar-refractivity contribution >= 4 is 34.3 Å². The van der Waals surface area contributed by atoms with Gasteiger partial charge in [-0.2, -0.15) is 11.3 Å². The van der Waals surface area contributed by atoms with Crippen molar-refractivity contribution < 1.29 is 4.79 Å². The van der Waals surface area contributed by atoms with E-state index < -0.39 is 0 Å². The number of carbonyl (C=O) groups excluding carboxylic acids is 1. The molecule has 0 spiro atoms. The maximum atomic E-state index is 12.4. The summed E-state index contributed by atoms with van der Waals surface area (Å²) < 4.78 is 1.54. The van der Waals surface area contributed by atoms with Gasteiger partial charge < -0.3 is 5.32 Å². The van der Waals surface area contributed by atoms with Gasteiger partial charge in [0.05, 0.1) is 17.8 Å². The van der Waals surface area contributed by atoms with E-state index in [1.807, 2.05) is 41.9 Å². The molecule has 0 aliphatic heterocycles. The van der Waals surface area contributed by atoms with Crippen LogP contribution in [0, 0.1) is 6.92 Å². The highest BCUT2D eigenvalue weighted by Gasteiger charge is 2.11. The van der Waals surface area contributed by atoms with Crippen molar-refractivity contribution in [3.05, 3.63) is 58.0 Å². The molecule has 3 heterocycles. The molecular weight excluding hydrogens is 368 g/mol. The number of anilines is 1. The zero-order valence-corrected chi connectivity index (χ0v) is 15.4. The second kappa shape index (κ2) is 7.14. The van der Waals surface area contributed by atoms with Crippen LogP contribution in [-0.2, 0) is 11.2 Å². The first-order chi connectivity index (χ1) is 12.7. The molecular formula is C17H14N6OS2. The van der Waals surface area contributed by atoms with Crippen LogP contribution < -0.4 is 5.32 Å². The molecule has 4 rings (SSSR count). The van der Waals surface area contributed by atoms with Gasteiger partial charge in [-0.1, -0.05) is 6.07 Å². The molecule has 0 saturated heterocycles. The number of tetrazole rings is 1. The second-order valence-corrected chi connectivity index (χ2v) is 7.27. The Bertz CT molecular complexity index is 1020. The third-order valence-electron chi connectivity index (χ3n) is 3.77. The van der Waals surface area contributed by atoms with Crippen LogP contribution in [0.1, 0.15) is 11.3 Å². The average Bonchev–Trinajstić information content (AvgIpc) is 3.39. The number of hydrogen-bond acceptors (Lipinski definition) is 7. The van der Waals surface area contributed by atoms with Gasteiger partial charge in [-0.05, 0) is 46.5 Å². The largest absolute Gasteiger partial charge is 0.325 e. The van der Waals surface area contributed by atoms with Crippen molar-refractivity contribution in [2.75, 3.05) is 5.32 Å². The standard InChI is InChI=1S/C17H14N6OS2/c1-11-2-3-14(23-10-18-21-22-23)7-15(11)20-16(24)6-13-9-26-17(19-13)12-4-5-25-8-12/h2-5,7-10H,6H2,1H3,(H,20,24). The Balaban J connectivity index is 1.47. The van der Waals surface area contributed by atoms with Gasteiger partial charge >= 0.3 is 0 Å². The number of nitrogens with one attached hydrogen (secondary N) is 1. The van der Waals surface area contributed by atoms with Crippen molar-refractivity contribution in [3.8, 4) is 16.3 Å². The van der Waals surface area contributed by atoms with E-state index in [9.17, 15) is 4.79 Å². The van der Waals surface area contributed by atoms with Gasteiger partial charge in [-0.3, -0.25) is 4.79 Å². The van der Waals surface area contributed by atoms with E-state index in [0.29, 0.717) is 0 Å². The van der Waals surface area contributed by atoms with Crippen LogP contribution in [-0.4, -0.2) is 31.1 Å². The highest BCUT2D eigenvalue weighted by molar-refractivity contribution is 7.14. The monoisotopic (exact) mass is 382 g/mol. The van der Waals surface area contributed by atoms with Crippen LogP contribution in [0.25, 0.3) is 16.3 Å². The maximum Gasteiger partial charge on any atom is 0.230 e. The molecule has 130 valence electrons. The van der Waals surface area contributed by atoms with Crippen LogP contribution >= 0.6 is 22.7 Å². The third kappa shape index (κ3) is 3.53. The Morgan fingerprint density at radius 1 is 1.27 bits per heavy atom. The first-order valence-electron chi connectivity index (χ1n) is 7.80. The number of hydrogen-bond donors (Lipinski definition) is 1. The summed E-state index contributed by atoms with van der Waals surface area (Å²) in [5, 5.41) is 21.0. The summed E-state index contributed by atoms with van der Waals surface area (Å²) in [6, 6.07) is 7.70. The van der Waals surface area contributed by atoms with Crippen molar-refractivity contribution in [2.45, 2.75) is 13.3 Å². The summed E-state index contributed by atoms with van der Waals surface area (Å²) in [6.45, 7) is 1.94. The van der Waals surface area contributed by atoms with E-state index in [1.54, 1.807) is 27.4 Å². The molecule has 3 aromatic heterocycles. The van der Waals surface area contributed by atoms with Gasteiger partial charge in [0.2, 0.25) is 5.91 Å². The third-order valence-corrected chi connectivity index (χ3v) is 5.39. The zero-order valence-electron chi connectivity index (χ0n) is 13.8. The minimum atomic E-state index is -0.107. The summed E-state index contributed by atoms with van der Waals surface area (Å²) in [5.74, 6) is -0.107. The highest BCUT2D eigenvalue weighted by atomic mass is 32.1. The van der Waals surface area contributed by atoms with Gasteiger partial charge in [0.15, 0.2) is 0 Å². The van der Waals surface area contributed by atoms with Gasteiger partial charge in [-0.15, -0.1) is 16.4 Å². The fourth-order valence-corrected chi connectivity index (χ4v) is 3.96. The van der Waals surface area contributed by atoms with Crippen molar-refractivity contribution in [2.24, 2.45) is 0 Å². The highest BCUT2D eigenvalue weighted by Crippen LogP contribution is 2.26. The first-order valence-corrected chi connectivity index (χ1v) is 9.62. The zero-order chi connectivity index (χ0) is 17.9. The maximum absolute atomic E-state index is 12.4. The average molecular weight is 382 g/mol. The molecule has 0 atom stereocenters. The number of carbonyl (C=O) groups is 1. The second-order valence-electron chi connectivity index (χ2n) is 5.63. The molecule has 4 aromatic rings. The van der Waals surface area contributed by atoms with Gasteiger partial charge in [0.1, 0.15) is 11.3 Å². The summed E-state index contributed by atoms with van der Waals surface area (Å²) in [7, 11) is 0. The Kier molecular flexibility index (Phi) is 4.55. The first kappa shape index (κ1) is 16.6. The Labute approximate surface area is 157 Å². The topological polar surface area (TPSA) is 85.6 Å². The number of amides is 1. The molecule has 1 aromatic carbocycles. The number of aromatic nitrogens is 5. The van der Waals surface area contributed by atoms with Crippen LogP contribution in [0.15, 0.2) is 46.7 Å². The molecule has 1 amide bonds. The van der Waals surface area contributed by atoms with Gasteiger partial charge in [-0.25, -0.2) is 9.67 Å². The lowest BCUT2D eigenvalue weighted by molar-refractivity contribution is -0.115. The van der Waals surface area contributed by atoms with Crippen LogP contribution in [0.2, 0.25) is 0 Å². The Hall–Kier alpha value is -2.91. The lowest BCUT2D eigenvalue weighted by atomic mass is 10.1. The minimum absolute atomic E-state index is 0.107. The number of rotatable bonds is 5. The van der Waals surface area contributed by atoms with Crippen molar-refractivity contribution in [3.63, 3.8) is 0 Å². The molecule has 0 saturated carbocycles. The van der Waals surface area contributed by atoms with Crippen molar-refractivity contribution in [1.29, 1.82) is 0 Å². The predicted molar refractivity (Wildman–Crippen MR) is 102 cm³/mol. The molecule has 0 fully saturated rings. The summed E-state index contributed by atoms with van der Waals surface area (Å²) in [4.78, 5) is 17.0. The molecule has 7 nitrogen and oxygen atoms in total. The number of thiazole rings is 1. The molecule has 0 aliphatic rings.